The van der Waals surface area contributed by atoms with Gasteiger partial charge in [-0.15, -0.1) is 0 Å². The third-order valence-electron chi connectivity index (χ3n) is 3.39. The second-order valence-corrected chi connectivity index (χ2v) is 5.48. The van der Waals surface area contributed by atoms with Gasteiger partial charge in [0.25, 0.3) is 0 Å². The lowest BCUT2D eigenvalue weighted by molar-refractivity contribution is 0.843. The van der Waals surface area contributed by atoms with Crippen molar-refractivity contribution in [3.05, 3.63) is 57.3 Å². The summed E-state index contributed by atoms with van der Waals surface area (Å²) < 4.78 is 3.14. The number of benzene rings is 1. The number of nitrogens with zero attached hydrogens (tertiary/aromatic N) is 2. The number of aryl methyl sites for hydroxylation is 1. The van der Waals surface area contributed by atoms with Crippen LogP contribution in [0, 0.1) is 25.2 Å². The number of rotatable bonds is 2. The SMILES string of the molecule is Cc1cc(C=C(C#N)c2ccc(Br)cc2)c(C)n1C. The van der Waals surface area contributed by atoms with Gasteiger partial charge in [-0.25, -0.2) is 0 Å². The summed E-state index contributed by atoms with van der Waals surface area (Å²) in [6.07, 6.45) is 1.95. The molecular formula is C16H15BrN2. The van der Waals surface area contributed by atoms with E-state index in [2.05, 4.69) is 46.5 Å². The van der Waals surface area contributed by atoms with Crippen LogP contribution in [-0.4, -0.2) is 4.57 Å². The maximum absolute atomic E-state index is 9.34. The molecule has 2 nitrogen and oxygen atoms in total. The van der Waals surface area contributed by atoms with Gasteiger partial charge in [-0.3, -0.25) is 0 Å². The molecule has 0 aliphatic heterocycles. The van der Waals surface area contributed by atoms with Crippen LogP contribution in [0.15, 0.2) is 34.8 Å². The van der Waals surface area contributed by atoms with Gasteiger partial charge in [-0.2, -0.15) is 5.26 Å². The molecule has 0 aliphatic rings. The van der Waals surface area contributed by atoms with Crippen LogP contribution < -0.4 is 0 Å². The summed E-state index contributed by atoms with van der Waals surface area (Å²) in [5.41, 5.74) is 5.08. The average molecular weight is 315 g/mol. The zero-order valence-corrected chi connectivity index (χ0v) is 12.8. The van der Waals surface area contributed by atoms with Crippen molar-refractivity contribution in [2.75, 3.05) is 0 Å². The van der Waals surface area contributed by atoms with Crippen molar-refractivity contribution in [2.24, 2.45) is 7.05 Å². The predicted molar refractivity (Wildman–Crippen MR) is 82.5 cm³/mol. The minimum atomic E-state index is 0.682. The molecule has 0 saturated carbocycles. The van der Waals surface area contributed by atoms with Gasteiger partial charge in [-0.1, -0.05) is 28.1 Å². The average Bonchev–Trinajstić information content (AvgIpc) is 2.65. The van der Waals surface area contributed by atoms with Crippen LogP contribution in [0.4, 0.5) is 0 Å². The minimum absolute atomic E-state index is 0.682. The normalized spacial score (nSPS) is 11.4. The molecule has 3 heteroatoms. The summed E-state index contributed by atoms with van der Waals surface area (Å²) in [4.78, 5) is 0. The fraction of sp³-hybridized carbons (Fsp3) is 0.188. The molecule has 1 aromatic carbocycles. The quantitative estimate of drug-likeness (QED) is 0.752. The van der Waals surface area contributed by atoms with E-state index in [9.17, 15) is 5.26 Å². The van der Waals surface area contributed by atoms with E-state index in [1.807, 2.05) is 37.4 Å². The Morgan fingerprint density at radius 1 is 1.26 bits per heavy atom. The van der Waals surface area contributed by atoms with Crippen molar-refractivity contribution >= 4 is 27.6 Å². The maximum atomic E-state index is 9.34. The van der Waals surface area contributed by atoms with Gasteiger partial charge in [-0.05, 0) is 49.2 Å². The molecule has 2 aromatic rings. The summed E-state index contributed by atoms with van der Waals surface area (Å²) in [5, 5.41) is 9.34. The highest BCUT2D eigenvalue weighted by Gasteiger charge is 2.06. The van der Waals surface area contributed by atoms with E-state index in [0.717, 1.165) is 15.6 Å². The first-order chi connectivity index (χ1) is 9.02. The van der Waals surface area contributed by atoms with E-state index < -0.39 is 0 Å². The zero-order chi connectivity index (χ0) is 14.0. The van der Waals surface area contributed by atoms with E-state index in [4.69, 9.17) is 0 Å². The van der Waals surface area contributed by atoms with E-state index in [1.165, 1.54) is 11.4 Å². The predicted octanol–water partition coefficient (Wildman–Crippen LogP) is 4.47. The second-order valence-electron chi connectivity index (χ2n) is 4.56. The Bertz CT molecular complexity index is 670. The molecule has 2 rings (SSSR count). The number of halogens is 1. The lowest BCUT2D eigenvalue weighted by Gasteiger charge is -2.01. The first-order valence-corrected chi connectivity index (χ1v) is 6.83. The van der Waals surface area contributed by atoms with Crippen molar-refractivity contribution < 1.29 is 0 Å². The molecule has 0 amide bonds. The van der Waals surface area contributed by atoms with Gasteiger partial charge < -0.3 is 4.57 Å². The van der Waals surface area contributed by atoms with Gasteiger partial charge in [0.05, 0.1) is 11.6 Å². The number of allylic oxidation sites excluding steroid dienone is 1. The molecule has 0 spiro atoms. The molecule has 96 valence electrons. The van der Waals surface area contributed by atoms with Crippen molar-refractivity contribution in [3.63, 3.8) is 0 Å². The van der Waals surface area contributed by atoms with Crippen LogP contribution in [0.1, 0.15) is 22.5 Å². The Hall–Kier alpha value is -1.79. The van der Waals surface area contributed by atoms with Crippen LogP contribution in [0.5, 0.6) is 0 Å². The van der Waals surface area contributed by atoms with E-state index in [0.29, 0.717) is 5.57 Å². The summed E-state index contributed by atoms with van der Waals surface area (Å²) in [7, 11) is 2.04. The van der Waals surface area contributed by atoms with E-state index in [1.54, 1.807) is 0 Å². The summed E-state index contributed by atoms with van der Waals surface area (Å²) in [5.74, 6) is 0. The number of nitriles is 1. The van der Waals surface area contributed by atoms with E-state index in [-0.39, 0.29) is 0 Å². The first kappa shape index (κ1) is 13.6. The molecule has 0 atom stereocenters. The van der Waals surface area contributed by atoms with Gasteiger partial charge in [0.2, 0.25) is 0 Å². The number of aromatic nitrogens is 1. The third kappa shape index (κ3) is 2.80. The topological polar surface area (TPSA) is 28.7 Å². The molecule has 0 saturated heterocycles. The molecule has 19 heavy (non-hydrogen) atoms. The lowest BCUT2D eigenvalue weighted by Crippen LogP contribution is -1.92. The smallest absolute Gasteiger partial charge is 0.0998 e. The molecule has 1 aromatic heterocycles. The summed E-state index contributed by atoms with van der Waals surface area (Å²) in [6, 6.07) is 12.2. The van der Waals surface area contributed by atoms with Gasteiger partial charge in [0.1, 0.15) is 0 Å². The van der Waals surface area contributed by atoms with Crippen LogP contribution in [-0.2, 0) is 7.05 Å². The highest BCUT2D eigenvalue weighted by Crippen LogP contribution is 2.23. The molecule has 1 heterocycles. The summed E-state index contributed by atoms with van der Waals surface area (Å²) >= 11 is 3.40. The minimum Gasteiger partial charge on any atom is -0.352 e. The van der Waals surface area contributed by atoms with Gasteiger partial charge in [0, 0.05) is 22.9 Å². The van der Waals surface area contributed by atoms with Crippen LogP contribution in [0.25, 0.3) is 11.6 Å². The lowest BCUT2D eigenvalue weighted by atomic mass is 10.0. The molecule has 0 fully saturated rings. The Kier molecular flexibility index (Phi) is 3.92. The van der Waals surface area contributed by atoms with Gasteiger partial charge >= 0.3 is 0 Å². The second kappa shape index (κ2) is 5.46. The van der Waals surface area contributed by atoms with Crippen molar-refractivity contribution in [2.45, 2.75) is 13.8 Å². The molecule has 0 radical (unpaired) electrons. The fourth-order valence-electron chi connectivity index (χ4n) is 2.00. The largest absolute Gasteiger partial charge is 0.352 e. The Labute approximate surface area is 122 Å². The number of hydrogen-bond donors (Lipinski definition) is 0. The standard InChI is InChI=1S/C16H15BrN2/c1-11-8-14(12(2)19(11)3)9-15(10-18)13-4-6-16(17)7-5-13/h4-9H,1-3H3. The first-order valence-electron chi connectivity index (χ1n) is 6.03. The molecule has 0 aliphatic carbocycles. The monoisotopic (exact) mass is 314 g/mol. The van der Waals surface area contributed by atoms with E-state index >= 15 is 0 Å². The fourth-order valence-corrected chi connectivity index (χ4v) is 2.26. The Morgan fingerprint density at radius 2 is 1.89 bits per heavy atom. The maximum Gasteiger partial charge on any atom is 0.0998 e. The third-order valence-corrected chi connectivity index (χ3v) is 3.92. The zero-order valence-electron chi connectivity index (χ0n) is 11.2. The van der Waals surface area contributed by atoms with Crippen LogP contribution in [0.3, 0.4) is 0 Å². The molecule has 0 bridgehead atoms. The molecular weight excluding hydrogens is 300 g/mol. The molecule has 0 N–H and O–H groups in total. The molecule has 0 unspecified atom stereocenters. The van der Waals surface area contributed by atoms with Crippen molar-refractivity contribution in [1.29, 1.82) is 5.26 Å². The van der Waals surface area contributed by atoms with Gasteiger partial charge in [0.15, 0.2) is 0 Å². The van der Waals surface area contributed by atoms with Crippen LogP contribution >= 0.6 is 15.9 Å². The number of hydrogen-bond acceptors (Lipinski definition) is 1. The highest BCUT2D eigenvalue weighted by molar-refractivity contribution is 9.10. The Morgan fingerprint density at radius 3 is 2.37 bits per heavy atom. The van der Waals surface area contributed by atoms with Crippen LogP contribution in [0.2, 0.25) is 0 Å². The Balaban J connectivity index is 2.47. The van der Waals surface area contributed by atoms with Crippen molar-refractivity contribution in [3.8, 4) is 6.07 Å². The van der Waals surface area contributed by atoms with Crippen molar-refractivity contribution in [1.82, 2.24) is 4.57 Å². The highest BCUT2D eigenvalue weighted by atomic mass is 79.9. The summed E-state index contributed by atoms with van der Waals surface area (Å²) in [6.45, 7) is 4.13.